The van der Waals surface area contributed by atoms with Gasteiger partial charge in [-0.3, -0.25) is 0 Å². The summed E-state index contributed by atoms with van der Waals surface area (Å²) in [5, 5.41) is 3.42. The van der Waals surface area contributed by atoms with E-state index in [1.54, 1.807) is 34.4 Å². The first-order valence-corrected chi connectivity index (χ1v) is 9.81. The summed E-state index contributed by atoms with van der Waals surface area (Å²) in [5.41, 5.74) is 2.17. The average Bonchev–Trinajstić information content (AvgIpc) is 2.99. The second-order valence-electron chi connectivity index (χ2n) is 4.05. The maximum Gasteiger partial charge on any atom is 0.150 e. The van der Waals surface area contributed by atoms with E-state index in [0.717, 1.165) is 30.9 Å². The zero-order valence-electron chi connectivity index (χ0n) is 10.4. The Morgan fingerprint density at radius 2 is 2.20 bits per heavy atom. The zero-order chi connectivity index (χ0) is 14.1. The van der Waals surface area contributed by atoms with Gasteiger partial charge in [0, 0.05) is 21.6 Å². The van der Waals surface area contributed by atoms with Crippen molar-refractivity contribution in [2.24, 2.45) is 0 Å². The summed E-state index contributed by atoms with van der Waals surface area (Å²) in [5.74, 6) is 0. The highest BCUT2D eigenvalue weighted by atomic mass is 79.9. The highest BCUT2D eigenvalue weighted by Crippen LogP contribution is 2.33. The SMILES string of the molecule is CSc1nc2ccc(NCc3cc(Br)c(Cl)s3)cc2s1. The van der Waals surface area contributed by atoms with Crippen LogP contribution in [0.5, 0.6) is 0 Å². The van der Waals surface area contributed by atoms with Crippen LogP contribution in [0.25, 0.3) is 10.2 Å². The lowest BCUT2D eigenvalue weighted by molar-refractivity contribution is 1.19. The van der Waals surface area contributed by atoms with Gasteiger partial charge in [-0.25, -0.2) is 4.98 Å². The molecule has 0 saturated heterocycles. The van der Waals surface area contributed by atoms with Crippen molar-refractivity contribution in [2.75, 3.05) is 11.6 Å². The van der Waals surface area contributed by atoms with Gasteiger partial charge in [0.15, 0.2) is 4.34 Å². The molecule has 0 aliphatic heterocycles. The number of halogens is 2. The minimum atomic E-state index is 0.773. The van der Waals surface area contributed by atoms with Gasteiger partial charge in [-0.05, 0) is 46.5 Å². The van der Waals surface area contributed by atoms with Gasteiger partial charge in [-0.2, -0.15) is 0 Å². The molecule has 0 unspecified atom stereocenters. The minimum Gasteiger partial charge on any atom is -0.380 e. The van der Waals surface area contributed by atoms with Crippen LogP contribution >= 0.6 is 62.0 Å². The first-order chi connectivity index (χ1) is 9.65. The third-order valence-corrected chi connectivity index (χ3v) is 7.18. The third-order valence-electron chi connectivity index (χ3n) is 2.71. The van der Waals surface area contributed by atoms with E-state index in [9.17, 15) is 0 Å². The van der Waals surface area contributed by atoms with E-state index in [0.29, 0.717) is 0 Å². The van der Waals surface area contributed by atoms with E-state index >= 15 is 0 Å². The molecule has 104 valence electrons. The zero-order valence-corrected chi connectivity index (χ0v) is 15.2. The van der Waals surface area contributed by atoms with Crippen LogP contribution < -0.4 is 5.32 Å². The van der Waals surface area contributed by atoms with E-state index in [2.05, 4.69) is 56.8 Å². The molecule has 3 aromatic rings. The molecule has 0 spiro atoms. The molecule has 0 amide bonds. The van der Waals surface area contributed by atoms with Crippen molar-refractivity contribution in [2.45, 2.75) is 10.9 Å². The number of benzene rings is 1. The summed E-state index contributed by atoms with van der Waals surface area (Å²) in [4.78, 5) is 5.74. The number of nitrogens with zero attached hydrogens (tertiary/aromatic N) is 1. The summed E-state index contributed by atoms with van der Waals surface area (Å²) in [7, 11) is 0. The van der Waals surface area contributed by atoms with Gasteiger partial charge in [0.2, 0.25) is 0 Å². The number of thioether (sulfide) groups is 1. The third kappa shape index (κ3) is 3.14. The maximum atomic E-state index is 6.04. The quantitative estimate of drug-likeness (QED) is 0.530. The van der Waals surface area contributed by atoms with Crippen LogP contribution in [0.4, 0.5) is 5.69 Å². The minimum absolute atomic E-state index is 0.773. The Balaban J connectivity index is 1.76. The molecular formula is C13H10BrClN2S3. The molecule has 1 aromatic carbocycles. The standard InChI is InChI=1S/C13H10BrClN2S3/c1-18-13-17-10-3-2-7(4-11(10)20-13)16-6-8-5-9(14)12(15)19-8/h2-5,16H,6H2,1H3. The van der Waals surface area contributed by atoms with E-state index in [4.69, 9.17) is 11.6 Å². The second-order valence-corrected chi connectivity index (χ2v) is 8.73. The predicted molar refractivity (Wildman–Crippen MR) is 95.8 cm³/mol. The van der Waals surface area contributed by atoms with Gasteiger partial charge in [0.1, 0.15) is 4.34 Å². The summed E-state index contributed by atoms with van der Waals surface area (Å²) < 4.78 is 4.07. The average molecular weight is 406 g/mol. The van der Waals surface area contributed by atoms with Crippen molar-refractivity contribution in [1.82, 2.24) is 4.98 Å². The Kier molecular flexibility index (Phi) is 4.57. The van der Waals surface area contributed by atoms with Crippen molar-refractivity contribution >= 4 is 77.9 Å². The molecule has 0 fully saturated rings. The highest BCUT2D eigenvalue weighted by molar-refractivity contribution is 9.10. The summed E-state index contributed by atoms with van der Waals surface area (Å²) in [6.45, 7) is 0.773. The van der Waals surface area contributed by atoms with E-state index < -0.39 is 0 Å². The fourth-order valence-corrected chi connectivity index (χ4v) is 5.03. The van der Waals surface area contributed by atoms with E-state index in [-0.39, 0.29) is 0 Å². The molecule has 0 bridgehead atoms. The number of aromatic nitrogens is 1. The Hall–Kier alpha value is -0.270. The first kappa shape index (κ1) is 14.7. The molecule has 0 radical (unpaired) electrons. The van der Waals surface area contributed by atoms with Gasteiger partial charge >= 0.3 is 0 Å². The fraction of sp³-hybridized carbons (Fsp3) is 0.154. The van der Waals surface area contributed by atoms with Crippen molar-refractivity contribution in [3.8, 4) is 0 Å². The predicted octanol–water partition coefficient (Wildman–Crippen LogP) is 6.11. The molecule has 0 aliphatic rings. The molecule has 20 heavy (non-hydrogen) atoms. The van der Waals surface area contributed by atoms with Crippen LogP contribution in [-0.2, 0) is 6.54 Å². The topological polar surface area (TPSA) is 24.9 Å². The maximum absolute atomic E-state index is 6.04. The Morgan fingerprint density at radius 1 is 1.35 bits per heavy atom. The van der Waals surface area contributed by atoms with Gasteiger partial charge in [0.05, 0.1) is 10.2 Å². The van der Waals surface area contributed by atoms with Crippen LogP contribution in [0, 0.1) is 0 Å². The van der Waals surface area contributed by atoms with Crippen molar-refractivity contribution in [1.29, 1.82) is 0 Å². The van der Waals surface area contributed by atoms with Crippen molar-refractivity contribution in [3.63, 3.8) is 0 Å². The van der Waals surface area contributed by atoms with Gasteiger partial charge in [0.25, 0.3) is 0 Å². The fourth-order valence-electron chi connectivity index (χ4n) is 1.77. The molecule has 0 atom stereocenters. The Labute approximate surface area is 142 Å². The molecule has 3 rings (SSSR count). The lowest BCUT2D eigenvalue weighted by Gasteiger charge is -2.04. The Bertz CT molecular complexity index is 734. The summed E-state index contributed by atoms with van der Waals surface area (Å²) in [6, 6.07) is 8.33. The number of hydrogen-bond donors (Lipinski definition) is 1. The van der Waals surface area contributed by atoms with Crippen LogP contribution in [0.2, 0.25) is 4.34 Å². The Morgan fingerprint density at radius 3 is 2.90 bits per heavy atom. The lowest BCUT2D eigenvalue weighted by atomic mass is 10.3. The van der Waals surface area contributed by atoms with Gasteiger partial charge in [-0.15, -0.1) is 22.7 Å². The van der Waals surface area contributed by atoms with Crippen LogP contribution in [0.15, 0.2) is 33.1 Å². The number of anilines is 1. The van der Waals surface area contributed by atoms with E-state index in [1.807, 2.05) is 0 Å². The molecule has 1 N–H and O–H groups in total. The van der Waals surface area contributed by atoms with Crippen molar-refractivity contribution < 1.29 is 0 Å². The molecule has 7 heteroatoms. The largest absolute Gasteiger partial charge is 0.380 e. The number of nitrogens with one attached hydrogen (secondary N) is 1. The number of thiazole rings is 1. The van der Waals surface area contributed by atoms with Crippen LogP contribution in [-0.4, -0.2) is 11.2 Å². The molecule has 0 saturated carbocycles. The molecule has 2 aromatic heterocycles. The second kappa shape index (κ2) is 6.23. The summed E-state index contributed by atoms with van der Waals surface area (Å²) in [6.07, 6.45) is 2.05. The van der Waals surface area contributed by atoms with E-state index in [1.165, 1.54) is 9.58 Å². The number of thiophene rings is 1. The normalized spacial score (nSPS) is 11.2. The number of hydrogen-bond acceptors (Lipinski definition) is 5. The van der Waals surface area contributed by atoms with Gasteiger partial charge < -0.3 is 5.32 Å². The monoisotopic (exact) mass is 404 g/mol. The number of fused-ring (bicyclic) bond motifs is 1. The molecule has 0 aliphatic carbocycles. The smallest absolute Gasteiger partial charge is 0.150 e. The molecular weight excluding hydrogens is 396 g/mol. The summed E-state index contributed by atoms with van der Waals surface area (Å²) >= 11 is 14.5. The highest BCUT2D eigenvalue weighted by Gasteiger charge is 2.06. The number of rotatable bonds is 4. The van der Waals surface area contributed by atoms with Crippen molar-refractivity contribution in [3.05, 3.63) is 38.0 Å². The first-order valence-electron chi connectivity index (χ1n) is 5.78. The lowest BCUT2D eigenvalue weighted by Crippen LogP contribution is -1.96. The van der Waals surface area contributed by atoms with Gasteiger partial charge in [-0.1, -0.05) is 23.4 Å². The van der Waals surface area contributed by atoms with Crippen LogP contribution in [0.3, 0.4) is 0 Å². The van der Waals surface area contributed by atoms with Crippen LogP contribution in [0.1, 0.15) is 4.88 Å². The molecule has 2 heterocycles. The molecule has 2 nitrogen and oxygen atoms in total.